The first kappa shape index (κ1) is 16.8. The fraction of sp³-hybridized carbons (Fsp3) is 0.500. The first-order valence-corrected chi connectivity index (χ1v) is 9.67. The number of benzene rings is 1. The van der Waals surface area contributed by atoms with Gasteiger partial charge in [0.05, 0.1) is 17.9 Å². The molecule has 3 rings (SSSR count). The third kappa shape index (κ3) is 2.86. The van der Waals surface area contributed by atoms with E-state index in [1.807, 2.05) is 6.92 Å². The number of carbonyl (C=O) groups excluding carboxylic acids is 1. The van der Waals surface area contributed by atoms with Crippen molar-refractivity contribution in [2.45, 2.75) is 25.8 Å². The number of carbonyl (C=O) groups is 2. The molecular formula is C16H20N2O5S. The summed E-state index contributed by atoms with van der Waals surface area (Å²) in [4.78, 5) is 25.2. The summed E-state index contributed by atoms with van der Waals surface area (Å²) in [5, 5.41) is 9.04. The molecule has 2 heterocycles. The lowest BCUT2D eigenvalue weighted by molar-refractivity contribution is -0.141. The van der Waals surface area contributed by atoms with Gasteiger partial charge in [-0.25, -0.2) is 8.42 Å². The first-order valence-electron chi connectivity index (χ1n) is 7.83. The highest BCUT2D eigenvalue weighted by Crippen LogP contribution is 2.35. The summed E-state index contributed by atoms with van der Waals surface area (Å²) >= 11 is 0. The van der Waals surface area contributed by atoms with Crippen molar-refractivity contribution >= 4 is 27.6 Å². The van der Waals surface area contributed by atoms with Crippen molar-refractivity contribution in [3.63, 3.8) is 0 Å². The van der Waals surface area contributed by atoms with Crippen LogP contribution in [0.15, 0.2) is 18.2 Å². The molecule has 1 amide bonds. The van der Waals surface area contributed by atoms with Crippen LogP contribution in [0.5, 0.6) is 0 Å². The van der Waals surface area contributed by atoms with Crippen molar-refractivity contribution < 1.29 is 23.1 Å². The second-order valence-corrected chi connectivity index (χ2v) is 8.39. The standard InChI is InChI=1S/C16H20N2O5S/c1-10-7-13-8-11(3-4-14(13)18(10)24(2,22)23)15(19)17-6-5-12(9-17)16(20)21/h3-4,8,10,12H,5-7,9H2,1-2H3,(H,20,21)/t10-,12+/m1/s1. The van der Waals surface area contributed by atoms with Gasteiger partial charge in [-0.05, 0) is 43.5 Å². The molecule has 0 radical (unpaired) electrons. The molecule has 2 aliphatic heterocycles. The Morgan fingerprint density at radius 2 is 2.00 bits per heavy atom. The van der Waals surface area contributed by atoms with Gasteiger partial charge in [0.2, 0.25) is 10.0 Å². The predicted molar refractivity (Wildman–Crippen MR) is 88.6 cm³/mol. The summed E-state index contributed by atoms with van der Waals surface area (Å²) in [6, 6.07) is 4.83. The van der Waals surface area contributed by atoms with Gasteiger partial charge >= 0.3 is 5.97 Å². The Bertz CT molecular complexity index is 805. The van der Waals surface area contributed by atoms with E-state index in [-0.39, 0.29) is 18.5 Å². The van der Waals surface area contributed by atoms with Gasteiger partial charge < -0.3 is 10.0 Å². The summed E-state index contributed by atoms with van der Waals surface area (Å²) in [5.41, 5.74) is 1.92. The van der Waals surface area contributed by atoms with Gasteiger partial charge in [0.25, 0.3) is 5.91 Å². The van der Waals surface area contributed by atoms with E-state index in [0.29, 0.717) is 30.6 Å². The molecule has 2 aliphatic rings. The maximum Gasteiger partial charge on any atom is 0.308 e. The van der Waals surface area contributed by atoms with Gasteiger partial charge in [0.1, 0.15) is 0 Å². The van der Waals surface area contributed by atoms with E-state index in [9.17, 15) is 18.0 Å². The summed E-state index contributed by atoms with van der Waals surface area (Å²) in [5.74, 6) is -1.59. The second kappa shape index (κ2) is 5.77. The number of carboxylic acid groups (broad SMARTS) is 1. The summed E-state index contributed by atoms with van der Waals surface area (Å²) in [6.45, 7) is 2.48. The van der Waals surface area contributed by atoms with E-state index >= 15 is 0 Å². The molecule has 24 heavy (non-hydrogen) atoms. The maximum atomic E-state index is 12.6. The van der Waals surface area contributed by atoms with Gasteiger partial charge in [-0.2, -0.15) is 0 Å². The lowest BCUT2D eigenvalue weighted by Crippen LogP contribution is -2.34. The Hall–Kier alpha value is -2.09. The lowest BCUT2D eigenvalue weighted by Gasteiger charge is -2.22. The van der Waals surface area contributed by atoms with Crippen molar-refractivity contribution in [3.8, 4) is 0 Å². The van der Waals surface area contributed by atoms with Crippen LogP contribution in [-0.4, -0.2) is 55.7 Å². The smallest absolute Gasteiger partial charge is 0.308 e. The van der Waals surface area contributed by atoms with Crippen molar-refractivity contribution in [2.75, 3.05) is 23.7 Å². The minimum Gasteiger partial charge on any atom is -0.481 e. The second-order valence-electron chi connectivity index (χ2n) is 6.53. The van der Waals surface area contributed by atoms with Gasteiger partial charge in [-0.3, -0.25) is 13.9 Å². The zero-order valence-corrected chi connectivity index (χ0v) is 14.4. The van der Waals surface area contributed by atoms with Crippen LogP contribution in [0.1, 0.15) is 29.3 Å². The minimum atomic E-state index is -3.36. The molecule has 130 valence electrons. The molecule has 0 unspecified atom stereocenters. The molecule has 1 aromatic carbocycles. The zero-order chi connectivity index (χ0) is 17.6. The largest absolute Gasteiger partial charge is 0.481 e. The third-order valence-corrected chi connectivity index (χ3v) is 5.93. The highest BCUT2D eigenvalue weighted by Gasteiger charge is 2.34. The Kier molecular flexibility index (Phi) is 4.03. The molecule has 0 bridgehead atoms. The number of nitrogens with zero attached hydrogens (tertiary/aromatic N) is 2. The molecule has 8 heteroatoms. The van der Waals surface area contributed by atoms with Crippen LogP contribution in [0.4, 0.5) is 5.69 Å². The van der Waals surface area contributed by atoms with E-state index in [0.717, 1.165) is 5.56 Å². The number of carboxylic acids is 1. The first-order chi connectivity index (χ1) is 11.2. The SMILES string of the molecule is C[C@@H]1Cc2cc(C(=O)N3CC[C@H](C(=O)O)C3)ccc2N1S(C)(=O)=O. The van der Waals surface area contributed by atoms with E-state index in [1.54, 1.807) is 23.1 Å². The van der Waals surface area contributed by atoms with Crippen LogP contribution in [0, 0.1) is 5.92 Å². The Labute approximate surface area is 140 Å². The fourth-order valence-corrected chi connectivity index (χ4v) is 4.83. The zero-order valence-electron chi connectivity index (χ0n) is 13.6. The van der Waals surface area contributed by atoms with E-state index in [4.69, 9.17) is 5.11 Å². The molecule has 0 aliphatic carbocycles. The van der Waals surface area contributed by atoms with E-state index in [1.165, 1.54) is 10.6 Å². The predicted octanol–water partition coefficient (Wildman–Crippen LogP) is 0.944. The van der Waals surface area contributed by atoms with Crippen LogP contribution >= 0.6 is 0 Å². The van der Waals surface area contributed by atoms with Gasteiger partial charge in [-0.1, -0.05) is 0 Å². The summed E-state index contributed by atoms with van der Waals surface area (Å²) in [6.07, 6.45) is 2.19. The van der Waals surface area contributed by atoms with Crippen LogP contribution in [0.3, 0.4) is 0 Å². The number of sulfonamides is 1. The molecule has 1 N–H and O–H groups in total. The van der Waals surface area contributed by atoms with Crippen LogP contribution < -0.4 is 4.31 Å². The summed E-state index contributed by atoms with van der Waals surface area (Å²) < 4.78 is 25.2. The van der Waals surface area contributed by atoms with Crippen LogP contribution in [-0.2, 0) is 21.2 Å². The van der Waals surface area contributed by atoms with Crippen molar-refractivity contribution in [1.29, 1.82) is 0 Å². The Morgan fingerprint density at radius 3 is 2.58 bits per heavy atom. The number of hydrogen-bond acceptors (Lipinski definition) is 4. The summed E-state index contributed by atoms with van der Waals surface area (Å²) in [7, 11) is -3.36. The molecule has 0 saturated carbocycles. The average Bonchev–Trinajstić information content (AvgIpc) is 3.08. The number of likely N-dealkylation sites (tertiary alicyclic amines) is 1. The molecule has 2 atom stereocenters. The van der Waals surface area contributed by atoms with Gasteiger partial charge in [0.15, 0.2) is 0 Å². The average molecular weight is 352 g/mol. The molecular weight excluding hydrogens is 332 g/mol. The Balaban J connectivity index is 1.84. The fourth-order valence-electron chi connectivity index (χ4n) is 3.57. The van der Waals surface area contributed by atoms with E-state index in [2.05, 4.69) is 0 Å². The third-order valence-electron chi connectivity index (χ3n) is 4.66. The quantitative estimate of drug-likeness (QED) is 0.874. The topological polar surface area (TPSA) is 95.0 Å². The highest BCUT2D eigenvalue weighted by molar-refractivity contribution is 7.92. The van der Waals surface area contributed by atoms with Crippen LogP contribution in [0.2, 0.25) is 0 Å². The molecule has 7 nitrogen and oxygen atoms in total. The van der Waals surface area contributed by atoms with Crippen LogP contribution in [0.25, 0.3) is 0 Å². The van der Waals surface area contributed by atoms with Crippen molar-refractivity contribution in [1.82, 2.24) is 4.90 Å². The normalized spacial score (nSPS) is 23.4. The highest BCUT2D eigenvalue weighted by atomic mass is 32.2. The molecule has 0 spiro atoms. The lowest BCUT2D eigenvalue weighted by atomic mass is 10.1. The van der Waals surface area contributed by atoms with Crippen molar-refractivity contribution in [3.05, 3.63) is 29.3 Å². The Morgan fingerprint density at radius 1 is 1.29 bits per heavy atom. The molecule has 0 aromatic heterocycles. The van der Waals surface area contributed by atoms with Gasteiger partial charge in [-0.15, -0.1) is 0 Å². The molecule has 1 aromatic rings. The number of anilines is 1. The number of fused-ring (bicyclic) bond motifs is 1. The number of amides is 1. The van der Waals surface area contributed by atoms with Crippen molar-refractivity contribution in [2.24, 2.45) is 5.92 Å². The number of aliphatic carboxylic acids is 1. The number of rotatable bonds is 3. The number of hydrogen-bond donors (Lipinski definition) is 1. The van der Waals surface area contributed by atoms with E-state index < -0.39 is 21.9 Å². The minimum absolute atomic E-state index is 0.177. The molecule has 1 fully saturated rings. The molecule has 1 saturated heterocycles. The monoisotopic (exact) mass is 352 g/mol. The maximum absolute atomic E-state index is 12.6. The van der Waals surface area contributed by atoms with Gasteiger partial charge in [0, 0.05) is 24.7 Å².